The van der Waals surface area contributed by atoms with Crippen LogP contribution in [0.5, 0.6) is 0 Å². The Morgan fingerprint density at radius 3 is 2.07 bits per heavy atom. The van der Waals surface area contributed by atoms with Crippen molar-refractivity contribution >= 4 is 9.84 Å². The normalized spacial score (nSPS) is 12.0. The van der Waals surface area contributed by atoms with Crippen molar-refractivity contribution < 1.29 is 8.42 Å². The maximum absolute atomic E-state index is 11.5. The molecule has 3 heteroatoms. The van der Waals surface area contributed by atoms with Crippen LogP contribution in [0.1, 0.15) is 26.3 Å². The summed E-state index contributed by atoms with van der Waals surface area (Å²) in [6.07, 6.45) is 0.993. The molecule has 0 atom stereocenters. The lowest BCUT2D eigenvalue weighted by Crippen LogP contribution is -2.03. The summed E-state index contributed by atoms with van der Waals surface area (Å²) in [5.41, 5.74) is 1.19. The summed E-state index contributed by atoms with van der Waals surface area (Å²) < 4.78 is 23.1. The van der Waals surface area contributed by atoms with Crippen LogP contribution in [-0.2, 0) is 16.3 Å². The number of hydrogen-bond acceptors (Lipinski definition) is 2. The van der Waals surface area contributed by atoms with Crippen LogP contribution in [0, 0.1) is 5.92 Å². The highest BCUT2D eigenvalue weighted by Crippen LogP contribution is 2.14. The topological polar surface area (TPSA) is 34.1 Å². The fraction of sp³-hybridized carbons (Fsp3) is 0.500. The molecule has 84 valence electrons. The largest absolute Gasteiger partial charge is 0.224 e. The van der Waals surface area contributed by atoms with Crippen LogP contribution in [0.15, 0.2) is 29.2 Å². The van der Waals surface area contributed by atoms with Crippen LogP contribution >= 0.6 is 0 Å². The highest BCUT2D eigenvalue weighted by molar-refractivity contribution is 7.91. The highest BCUT2D eigenvalue weighted by Gasteiger charge is 2.10. The molecule has 1 aromatic rings. The molecular formula is C12H18O2S. The molecule has 2 nitrogen and oxygen atoms in total. The van der Waals surface area contributed by atoms with E-state index in [1.807, 2.05) is 12.1 Å². The molecule has 0 aliphatic heterocycles. The van der Waals surface area contributed by atoms with Gasteiger partial charge >= 0.3 is 0 Å². The van der Waals surface area contributed by atoms with Crippen molar-refractivity contribution in [3.8, 4) is 0 Å². The summed E-state index contributed by atoms with van der Waals surface area (Å²) in [6, 6.07) is 7.22. The lowest BCUT2D eigenvalue weighted by Gasteiger charge is -2.06. The summed E-state index contributed by atoms with van der Waals surface area (Å²) in [4.78, 5) is 0.428. The lowest BCUT2D eigenvalue weighted by molar-refractivity contribution is 0.597. The minimum Gasteiger partial charge on any atom is -0.224 e. The van der Waals surface area contributed by atoms with Gasteiger partial charge in [0.2, 0.25) is 0 Å². The first-order valence-electron chi connectivity index (χ1n) is 5.27. The summed E-state index contributed by atoms with van der Waals surface area (Å²) in [5, 5.41) is 0. The molecule has 0 spiro atoms. The molecule has 0 N–H and O–H groups in total. The molecule has 0 aliphatic carbocycles. The number of rotatable bonds is 4. The predicted octanol–water partition coefficient (Wildman–Crippen LogP) is 2.68. The molecule has 0 aromatic heterocycles. The van der Waals surface area contributed by atoms with Crippen molar-refractivity contribution in [2.75, 3.05) is 5.75 Å². The second kappa shape index (κ2) is 4.79. The Hall–Kier alpha value is -0.830. The van der Waals surface area contributed by atoms with Crippen LogP contribution in [0.25, 0.3) is 0 Å². The Kier molecular flexibility index (Phi) is 3.91. The molecule has 0 unspecified atom stereocenters. The summed E-state index contributed by atoms with van der Waals surface area (Å²) in [7, 11) is -3.04. The van der Waals surface area contributed by atoms with Gasteiger partial charge in [0.1, 0.15) is 0 Å². The third-order valence-electron chi connectivity index (χ3n) is 2.31. The SMILES string of the molecule is CCS(=O)(=O)c1ccc(CC(C)C)cc1. The quantitative estimate of drug-likeness (QED) is 0.791. The van der Waals surface area contributed by atoms with Gasteiger partial charge < -0.3 is 0 Å². The van der Waals surface area contributed by atoms with Gasteiger partial charge in [-0.2, -0.15) is 0 Å². The molecule has 0 aliphatic rings. The molecular weight excluding hydrogens is 208 g/mol. The van der Waals surface area contributed by atoms with Gasteiger partial charge in [-0.05, 0) is 30.0 Å². The molecule has 0 saturated heterocycles. The fourth-order valence-electron chi connectivity index (χ4n) is 1.47. The smallest absolute Gasteiger partial charge is 0.178 e. The van der Waals surface area contributed by atoms with Crippen LogP contribution in [0.2, 0.25) is 0 Å². The second-order valence-corrected chi connectivity index (χ2v) is 6.42. The first-order valence-corrected chi connectivity index (χ1v) is 6.92. The molecule has 0 fully saturated rings. The molecule has 0 radical (unpaired) electrons. The number of benzene rings is 1. The van der Waals surface area contributed by atoms with Gasteiger partial charge in [-0.15, -0.1) is 0 Å². The van der Waals surface area contributed by atoms with E-state index < -0.39 is 9.84 Å². The van der Waals surface area contributed by atoms with E-state index >= 15 is 0 Å². The van der Waals surface area contributed by atoms with Gasteiger partial charge in [-0.1, -0.05) is 32.9 Å². The second-order valence-electron chi connectivity index (χ2n) is 4.15. The zero-order valence-electron chi connectivity index (χ0n) is 9.53. The third-order valence-corrected chi connectivity index (χ3v) is 4.06. The average molecular weight is 226 g/mol. The Morgan fingerprint density at radius 1 is 1.13 bits per heavy atom. The van der Waals surface area contributed by atoms with E-state index in [1.54, 1.807) is 19.1 Å². The van der Waals surface area contributed by atoms with Crippen molar-refractivity contribution in [3.05, 3.63) is 29.8 Å². The van der Waals surface area contributed by atoms with Gasteiger partial charge in [0, 0.05) is 0 Å². The van der Waals surface area contributed by atoms with Crippen LogP contribution in [0.4, 0.5) is 0 Å². The molecule has 1 aromatic carbocycles. The van der Waals surface area contributed by atoms with Crippen molar-refractivity contribution in [1.29, 1.82) is 0 Å². The highest BCUT2D eigenvalue weighted by atomic mass is 32.2. The average Bonchev–Trinajstić information content (AvgIpc) is 2.18. The molecule has 0 bridgehead atoms. The van der Waals surface area contributed by atoms with Gasteiger partial charge in [0.15, 0.2) is 9.84 Å². The Balaban J connectivity index is 2.91. The molecule has 0 heterocycles. The van der Waals surface area contributed by atoms with Gasteiger partial charge in [-0.3, -0.25) is 0 Å². The van der Waals surface area contributed by atoms with Crippen LogP contribution in [-0.4, -0.2) is 14.2 Å². The van der Waals surface area contributed by atoms with Crippen molar-refractivity contribution in [2.24, 2.45) is 5.92 Å². The minimum absolute atomic E-state index is 0.163. The van der Waals surface area contributed by atoms with Crippen molar-refractivity contribution in [2.45, 2.75) is 32.1 Å². The monoisotopic (exact) mass is 226 g/mol. The van der Waals surface area contributed by atoms with Crippen LogP contribution in [0.3, 0.4) is 0 Å². The van der Waals surface area contributed by atoms with Crippen molar-refractivity contribution in [3.63, 3.8) is 0 Å². The minimum atomic E-state index is -3.04. The maximum Gasteiger partial charge on any atom is 0.178 e. The maximum atomic E-state index is 11.5. The lowest BCUT2D eigenvalue weighted by atomic mass is 10.0. The van der Waals surface area contributed by atoms with E-state index in [1.165, 1.54) is 5.56 Å². The first kappa shape index (κ1) is 12.2. The predicted molar refractivity (Wildman–Crippen MR) is 62.7 cm³/mol. The standard InChI is InChI=1S/C12H18O2S/c1-4-15(13,14)12-7-5-11(6-8-12)9-10(2)3/h5-8,10H,4,9H2,1-3H3. The first-order chi connectivity index (χ1) is 6.95. The Labute approximate surface area is 92.2 Å². The Morgan fingerprint density at radius 2 is 1.67 bits per heavy atom. The van der Waals surface area contributed by atoms with Gasteiger partial charge in [0.05, 0.1) is 10.6 Å². The van der Waals surface area contributed by atoms with E-state index in [0.717, 1.165) is 6.42 Å². The summed E-state index contributed by atoms with van der Waals surface area (Å²) in [5.74, 6) is 0.759. The van der Waals surface area contributed by atoms with Gasteiger partial charge in [0.25, 0.3) is 0 Å². The van der Waals surface area contributed by atoms with Crippen molar-refractivity contribution in [1.82, 2.24) is 0 Å². The van der Waals surface area contributed by atoms with Gasteiger partial charge in [-0.25, -0.2) is 8.42 Å². The van der Waals surface area contributed by atoms with E-state index in [9.17, 15) is 8.42 Å². The molecule has 0 amide bonds. The summed E-state index contributed by atoms with van der Waals surface area (Å²) >= 11 is 0. The summed E-state index contributed by atoms with van der Waals surface area (Å²) in [6.45, 7) is 5.96. The van der Waals surface area contributed by atoms with E-state index in [4.69, 9.17) is 0 Å². The number of hydrogen-bond donors (Lipinski definition) is 0. The molecule has 15 heavy (non-hydrogen) atoms. The Bertz CT molecular complexity index is 402. The van der Waals surface area contributed by atoms with E-state index in [-0.39, 0.29) is 5.75 Å². The van der Waals surface area contributed by atoms with E-state index in [2.05, 4.69) is 13.8 Å². The zero-order valence-corrected chi connectivity index (χ0v) is 10.3. The number of sulfone groups is 1. The zero-order chi connectivity index (χ0) is 11.5. The molecule has 1 rings (SSSR count). The third kappa shape index (κ3) is 3.34. The van der Waals surface area contributed by atoms with E-state index in [0.29, 0.717) is 10.8 Å². The molecule has 0 saturated carbocycles. The fourth-order valence-corrected chi connectivity index (χ4v) is 2.36. The van der Waals surface area contributed by atoms with Crippen LogP contribution < -0.4 is 0 Å².